The zero-order valence-electron chi connectivity index (χ0n) is 8.75. The molecule has 0 aromatic heterocycles. The normalized spacial score (nSPS) is 26.2. The van der Waals surface area contributed by atoms with Gasteiger partial charge in [-0.2, -0.15) is 5.54 Å². The van der Waals surface area contributed by atoms with Crippen molar-refractivity contribution in [1.29, 1.82) is 0 Å². The average molecular weight is 208 g/mol. The van der Waals surface area contributed by atoms with E-state index < -0.39 is 0 Å². The lowest BCUT2D eigenvalue weighted by atomic mass is 9.91. The summed E-state index contributed by atoms with van der Waals surface area (Å²) in [4.78, 5) is 0. The van der Waals surface area contributed by atoms with Crippen molar-refractivity contribution in [2.45, 2.75) is 37.8 Å². The summed E-state index contributed by atoms with van der Waals surface area (Å²) in [6.45, 7) is 0. The van der Waals surface area contributed by atoms with Gasteiger partial charge in [0, 0.05) is 17.8 Å². The molecule has 2 N–H and O–H groups in total. The molecule has 1 aromatic carbocycles. The molecule has 0 radical (unpaired) electrons. The lowest BCUT2D eigenvalue weighted by molar-refractivity contribution is 0.219. The first-order valence-corrected chi connectivity index (χ1v) is 5.56. The average Bonchev–Trinajstić information content (AvgIpc) is 2.31. The van der Waals surface area contributed by atoms with Crippen molar-refractivity contribution in [1.82, 2.24) is 5.54 Å². The Hall–Kier alpha value is -1.09. The minimum Gasteiger partial charge on any atom is -0.382 e. The second kappa shape index (κ2) is 5.12. The Morgan fingerprint density at radius 2 is 1.80 bits per heavy atom. The van der Waals surface area contributed by atoms with Gasteiger partial charge in [0.25, 0.3) is 0 Å². The van der Waals surface area contributed by atoms with Gasteiger partial charge >= 0.3 is 0 Å². The highest BCUT2D eigenvalue weighted by atomic mass is 19.2. The molecular formula is C12H17FN2. The fourth-order valence-electron chi connectivity index (χ4n) is 2.19. The van der Waals surface area contributed by atoms with Gasteiger partial charge in [-0.15, -0.1) is 4.48 Å². The van der Waals surface area contributed by atoms with Crippen molar-refractivity contribution in [3.05, 3.63) is 30.3 Å². The van der Waals surface area contributed by atoms with E-state index in [0.29, 0.717) is 6.04 Å². The molecule has 1 aromatic rings. The number of benzene rings is 1. The molecule has 2 atom stereocenters. The fraction of sp³-hybridized carbons (Fsp3) is 0.500. The largest absolute Gasteiger partial charge is 0.382 e. The molecule has 0 amide bonds. The fourth-order valence-corrected chi connectivity index (χ4v) is 2.19. The second-order valence-electron chi connectivity index (χ2n) is 4.18. The Labute approximate surface area is 89.8 Å². The van der Waals surface area contributed by atoms with Crippen LogP contribution in [0.3, 0.4) is 0 Å². The van der Waals surface area contributed by atoms with Gasteiger partial charge in [-0.25, -0.2) is 0 Å². The highest BCUT2D eigenvalue weighted by molar-refractivity contribution is 5.43. The highest BCUT2D eigenvalue weighted by Crippen LogP contribution is 2.22. The van der Waals surface area contributed by atoms with Gasteiger partial charge in [0.1, 0.15) is 0 Å². The van der Waals surface area contributed by atoms with Crippen LogP contribution in [0, 0.1) is 0 Å². The monoisotopic (exact) mass is 208 g/mol. The molecule has 15 heavy (non-hydrogen) atoms. The maximum atomic E-state index is 12.3. The van der Waals surface area contributed by atoms with Crippen LogP contribution in [-0.2, 0) is 0 Å². The highest BCUT2D eigenvalue weighted by Gasteiger charge is 2.21. The Kier molecular flexibility index (Phi) is 3.56. The van der Waals surface area contributed by atoms with Gasteiger partial charge in [0.2, 0.25) is 0 Å². The lowest BCUT2D eigenvalue weighted by Crippen LogP contribution is -2.35. The third kappa shape index (κ3) is 2.93. The minimum absolute atomic E-state index is 0.0277. The third-order valence-electron chi connectivity index (χ3n) is 2.97. The van der Waals surface area contributed by atoms with Crippen LogP contribution in [0.15, 0.2) is 30.3 Å². The van der Waals surface area contributed by atoms with Crippen LogP contribution in [0.1, 0.15) is 25.7 Å². The van der Waals surface area contributed by atoms with Crippen LogP contribution in [0.25, 0.3) is 0 Å². The third-order valence-corrected chi connectivity index (χ3v) is 2.97. The van der Waals surface area contributed by atoms with Gasteiger partial charge in [-0.1, -0.05) is 18.2 Å². The van der Waals surface area contributed by atoms with Crippen molar-refractivity contribution in [3.63, 3.8) is 0 Å². The summed E-state index contributed by atoms with van der Waals surface area (Å²) in [6, 6.07) is 10.5. The van der Waals surface area contributed by atoms with Crippen molar-refractivity contribution in [2.24, 2.45) is 0 Å². The number of anilines is 1. The first-order valence-electron chi connectivity index (χ1n) is 5.56. The van der Waals surface area contributed by atoms with Gasteiger partial charge in [-0.05, 0) is 37.8 Å². The van der Waals surface area contributed by atoms with E-state index in [-0.39, 0.29) is 6.04 Å². The van der Waals surface area contributed by atoms with Crippen molar-refractivity contribution in [2.75, 3.05) is 5.32 Å². The van der Waals surface area contributed by atoms with Gasteiger partial charge in [0.15, 0.2) is 0 Å². The minimum atomic E-state index is 0.0277. The van der Waals surface area contributed by atoms with E-state index >= 15 is 0 Å². The molecule has 1 saturated carbocycles. The van der Waals surface area contributed by atoms with Crippen LogP contribution in [0.4, 0.5) is 10.2 Å². The number of hydrogen-bond donors (Lipinski definition) is 2. The van der Waals surface area contributed by atoms with E-state index in [2.05, 4.69) is 5.32 Å². The molecule has 82 valence electrons. The van der Waals surface area contributed by atoms with E-state index in [0.717, 1.165) is 31.4 Å². The van der Waals surface area contributed by atoms with E-state index in [9.17, 15) is 4.48 Å². The van der Waals surface area contributed by atoms with Crippen LogP contribution in [0.2, 0.25) is 0 Å². The second-order valence-corrected chi connectivity index (χ2v) is 4.18. The quantitative estimate of drug-likeness (QED) is 0.746. The maximum absolute atomic E-state index is 12.3. The van der Waals surface area contributed by atoms with Crippen LogP contribution >= 0.6 is 0 Å². The van der Waals surface area contributed by atoms with E-state index in [1.165, 1.54) is 0 Å². The Bertz CT molecular complexity index is 289. The SMILES string of the molecule is FNC1CCCC(Nc2ccccc2)C1. The molecule has 0 spiro atoms. The molecule has 2 unspecified atom stereocenters. The molecule has 1 fully saturated rings. The summed E-state index contributed by atoms with van der Waals surface area (Å²) >= 11 is 0. The Morgan fingerprint density at radius 1 is 1.07 bits per heavy atom. The van der Waals surface area contributed by atoms with Crippen molar-refractivity contribution < 1.29 is 4.48 Å². The first kappa shape index (κ1) is 10.4. The molecule has 2 nitrogen and oxygen atoms in total. The number of nitrogens with one attached hydrogen (secondary N) is 2. The molecule has 1 aliphatic carbocycles. The van der Waals surface area contributed by atoms with Crippen molar-refractivity contribution >= 4 is 5.69 Å². The van der Waals surface area contributed by atoms with Crippen LogP contribution in [-0.4, -0.2) is 12.1 Å². The summed E-state index contributed by atoms with van der Waals surface area (Å²) in [5.74, 6) is 0. The first-order chi connectivity index (χ1) is 7.38. The topological polar surface area (TPSA) is 24.1 Å². The summed E-state index contributed by atoms with van der Waals surface area (Å²) < 4.78 is 12.3. The Balaban J connectivity index is 1.89. The summed E-state index contributed by atoms with van der Waals surface area (Å²) in [5.41, 5.74) is 3.01. The van der Waals surface area contributed by atoms with Crippen molar-refractivity contribution in [3.8, 4) is 0 Å². The molecule has 0 bridgehead atoms. The molecule has 1 aliphatic rings. The molecule has 2 rings (SSSR count). The number of hydrogen-bond acceptors (Lipinski definition) is 2. The van der Waals surface area contributed by atoms with Gasteiger partial charge in [0.05, 0.1) is 0 Å². The number of para-hydroxylation sites is 1. The van der Waals surface area contributed by atoms with E-state index in [1.54, 1.807) is 0 Å². The van der Waals surface area contributed by atoms with E-state index in [4.69, 9.17) is 0 Å². The van der Waals surface area contributed by atoms with Crippen LogP contribution in [0.5, 0.6) is 0 Å². The molecule has 0 heterocycles. The predicted molar refractivity (Wildman–Crippen MR) is 60.4 cm³/mol. The molecule has 3 heteroatoms. The van der Waals surface area contributed by atoms with Gasteiger partial charge in [-0.3, -0.25) is 0 Å². The molecule has 0 saturated heterocycles. The van der Waals surface area contributed by atoms with E-state index in [1.807, 2.05) is 35.9 Å². The standard InChI is InChI=1S/C12H17FN2/c13-15-12-8-4-7-11(9-12)14-10-5-2-1-3-6-10/h1-3,5-6,11-12,14-15H,4,7-9H2. The zero-order chi connectivity index (χ0) is 10.5. The lowest BCUT2D eigenvalue weighted by Gasteiger charge is -2.28. The molecule has 0 aliphatic heterocycles. The number of rotatable bonds is 3. The smallest absolute Gasteiger partial charge is 0.0391 e. The maximum Gasteiger partial charge on any atom is 0.0391 e. The Morgan fingerprint density at radius 3 is 2.53 bits per heavy atom. The zero-order valence-corrected chi connectivity index (χ0v) is 8.75. The predicted octanol–water partition coefficient (Wildman–Crippen LogP) is 2.88. The number of halogens is 1. The van der Waals surface area contributed by atoms with Crippen LogP contribution < -0.4 is 10.9 Å². The summed E-state index contributed by atoms with van der Waals surface area (Å²) in [7, 11) is 0. The van der Waals surface area contributed by atoms with Gasteiger partial charge < -0.3 is 5.32 Å². The molecular weight excluding hydrogens is 191 g/mol. The summed E-state index contributed by atoms with van der Waals surface area (Å²) in [5, 5.41) is 3.44. The summed E-state index contributed by atoms with van der Waals surface area (Å²) in [6.07, 6.45) is 4.04.